The van der Waals surface area contributed by atoms with Crippen molar-refractivity contribution in [3.63, 3.8) is 0 Å². The largest absolute Gasteiger partial charge is 0.481 e. The number of piperidine rings is 1. The van der Waals surface area contributed by atoms with Crippen LogP contribution in [-0.4, -0.2) is 42.3 Å². The van der Waals surface area contributed by atoms with E-state index in [1.54, 1.807) is 12.1 Å². The Balaban J connectivity index is 1.93. The van der Waals surface area contributed by atoms with Crippen molar-refractivity contribution >= 4 is 5.91 Å². The molecule has 2 heterocycles. The van der Waals surface area contributed by atoms with Crippen LogP contribution in [0, 0.1) is 0 Å². The summed E-state index contributed by atoms with van der Waals surface area (Å²) in [5, 5.41) is 16.9. The summed E-state index contributed by atoms with van der Waals surface area (Å²) < 4.78 is 5.08. The number of aromatic nitrogens is 1. The first-order valence-electron chi connectivity index (χ1n) is 7.92. The molecule has 1 aliphatic heterocycles. The van der Waals surface area contributed by atoms with Gasteiger partial charge in [-0.2, -0.15) is 0 Å². The van der Waals surface area contributed by atoms with Gasteiger partial charge in [0.1, 0.15) is 0 Å². The Morgan fingerprint density at radius 2 is 2.17 bits per heavy atom. The lowest BCUT2D eigenvalue weighted by atomic mass is 9.79. The van der Waals surface area contributed by atoms with E-state index in [0.29, 0.717) is 31.0 Å². The van der Waals surface area contributed by atoms with Gasteiger partial charge in [-0.15, -0.1) is 0 Å². The molecule has 24 heavy (non-hydrogen) atoms. The van der Waals surface area contributed by atoms with E-state index in [0.717, 1.165) is 5.56 Å². The molecule has 2 aromatic rings. The molecule has 1 saturated heterocycles. The fraction of sp³-hybridized carbons (Fsp3) is 0.333. The summed E-state index contributed by atoms with van der Waals surface area (Å²) in [6.07, 6.45) is 1.41. The predicted octanol–water partition coefficient (Wildman–Crippen LogP) is 1.07. The quantitative estimate of drug-likeness (QED) is 0.782. The van der Waals surface area contributed by atoms with E-state index in [-0.39, 0.29) is 5.91 Å². The smallest absolute Gasteiger partial charge is 0.252 e. The summed E-state index contributed by atoms with van der Waals surface area (Å²) in [6.45, 7) is 1.14. The van der Waals surface area contributed by atoms with Gasteiger partial charge in [0.2, 0.25) is 5.88 Å². The van der Waals surface area contributed by atoms with E-state index in [9.17, 15) is 9.90 Å². The van der Waals surface area contributed by atoms with Gasteiger partial charge >= 0.3 is 0 Å². The number of ether oxygens (including phenoxy) is 1. The number of hydrogen-bond acceptors (Lipinski definition) is 5. The topological polar surface area (TPSA) is 83.5 Å². The molecule has 0 aliphatic carbocycles. The van der Waals surface area contributed by atoms with Crippen LogP contribution in [0.25, 0.3) is 0 Å². The number of amides is 1. The van der Waals surface area contributed by atoms with Crippen molar-refractivity contribution in [3.05, 3.63) is 59.8 Å². The zero-order valence-electron chi connectivity index (χ0n) is 13.5. The Morgan fingerprint density at radius 1 is 1.38 bits per heavy atom. The number of β-amino-alcohol motifs (C(OH)–C–C–N with tert-alkyl or cyclic N) is 1. The second-order valence-electron chi connectivity index (χ2n) is 5.85. The first kappa shape index (κ1) is 16.4. The molecule has 0 bridgehead atoms. The number of methoxy groups -OCH3 is 1. The Hall–Kier alpha value is -2.44. The number of aliphatic hydroxyl groups excluding tert-OH is 1. The molecule has 2 atom stereocenters. The lowest BCUT2D eigenvalue weighted by Gasteiger charge is -2.43. The van der Waals surface area contributed by atoms with Gasteiger partial charge in [0.15, 0.2) is 0 Å². The maximum absolute atomic E-state index is 12.8. The molecular weight excluding hydrogens is 306 g/mol. The van der Waals surface area contributed by atoms with E-state index >= 15 is 0 Å². The van der Waals surface area contributed by atoms with E-state index in [1.165, 1.54) is 13.3 Å². The van der Waals surface area contributed by atoms with Crippen LogP contribution in [0.5, 0.6) is 5.88 Å². The van der Waals surface area contributed by atoms with Gasteiger partial charge in [-0.25, -0.2) is 4.98 Å². The molecule has 0 spiro atoms. The SMILES string of the molecule is COc1cc(C(=O)N[C@]2(c3ccccc3)CCNC[C@H]2O)ccn1. The lowest BCUT2D eigenvalue weighted by molar-refractivity contribution is 0.0289. The molecule has 3 rings (SSSR count). The fourth-order valence-corrected chi connectivity index (χ4v) is 3.09. The Labute approximate surface area is 140 Å². The van der Waals surface area contributed by atoms with Crippen molar-refractivity contribution in [2.75, 3.05) is 20.2 Å². The van der Waals surface area contributed by atoms with Crippen LogP contribution in [0.4, 0.5) is 0 Å². The number of carbonyl (C=O) groups is 1. The number of rotatable bonds is 4. The average molecular weight is 327 g/mol. The Morgan fingerprint density at radius 3 is 2.88 bits per heavy atom. The maximum Gasteiger partial charge on any atom is 0.252 e. The van der Waals surface area contributed by atoms with Crippen molar-refractivity contribution in [1.29, 1.82) is 0 Å². The normalized spacial score (nSPS) is 23.5. The van der Waals surface area contributed by atoms with Crippen molar-refractivity contribution < 1.29 is 14.6 Å². The molecule has 6 nitrogen and oxygen atoms in total. The van der Waals surface area contributed by atoms with Crippen LogP contribution < -0.4 is 15.4 Å². The van der Waals surface area contributed by atoms with Gasteiger partial charge in [-0.3, -0.25) is 4.79 Å². The first-order valence-corrected chi connectivity index (χ1v) is 7.92. The van der Waals surface area contributed by atoms with Crippen molar-refractivity contribution in [2.24, 2.45) is 0 Å². The highest BCUT2D eigenvalue weighted by molar-refractivity contribution is 5.95. The first-order chi connectivity index (χ1) is 11.7. The van der Waals surface area contributed by atoms with E-state index in [4.69, 9.17) is 4.74 Å². The molecule has 0 saturated carbocycles. The van der Waals surface area contributed by atoms with Gasteiger partial charge in [0.05, 0.1) is 18.8 Å². The molecule has 0 radical (unpaired) electrons. The minimum absolute atomic E-state index is 0.263. The van der Waals surface area contributed by atoms with Gasteiger partial charge in [-0.05, 0) is 24.6 Å². The summed E-state index contributed by atoms with van der Waals surface area (Å²) in [7, 11) is 1.51. The minimum Gasteiger partial charge on any atom is -0.481 e. The van der Waals surface area contributed by atoms with Gasteiger partial charge in [0, 0.05) is 24.4 Å². The van der Waals surface area contributed by atoms with Crippen molar-refractivity contribution in [3.8, 4) is 5.88 Å². The summed E-state index contributed by atoms with van der Waals surface area (Å²) in [4.78, 5) is 16.8. The number of aliphatic hydroxyl groups is 1. The molecular formula is C18H21N3O3. The fourth-order valence-electron chi connectivity index (χ4n) is 3.09. The highest BCUT2D eigenvalue weighted by atomic mass is 16.5. The summed E-state index contributed by atoms with van der Waals surface area (Å²) >= 11 is 0. The highest BCUT2D eigenvalue weighted by Crippen LogP contribution is 2.31. The molecule has 1 aromatic carbocycles. The van der Waals surface area contributed by atoms with Gasteiger partial charge in [-0.1, -0.05) is 30.3 Å². The van der Waals surface area contributed by atoms with Gasteiger partial charge < -0.3 is 20.5 Å². The van der Waals surface area contributed by atoms with Crippen molar-refractivity contribution in [1.82, 2.24) is 15.6 Å². The number of carbonyl (C=O) groups excluding carboxylic acids is 1. The molecule has 3 N–H and O–H groups in total. The zero-order valence-corrected chi connectivity index (χ0v) is 13.5. The van der Waals surface area contributed by atoms with Gasteiger partial charge in [0.25, 0.3) is 5.91 Å². The van der Waals surface area contributed by atoms with Crippen LogP contribution in [-0.2, 0) is 5.54 Å². The van der Waals surface area contributed by atoms with E-state index in [1.807, 2.05) is 30.3 Å². The van der Waals surface area contributed by atoms with Crippen LogP contribution in [0.15, 0.2) is 48.7 Å². The zero-order chi connectivity index (χ0) is 17.0. The second-order valence-corrected chi connectivity index (χ2v) is 5.85. The number of nitrogens with zero attached hydrogens (tertiary/aromatic N) is 1. The number of nitrogens with one attached hydrogen (secondary N) is 2. The predicted molar refractivity (Wildman–Crippen MR) is 89.9 cm³/mol. The highest BCUT2D eigenvalue weighted by Gasteiger charge is 2.42. The molecule has 126 valence electrons. The standard InChI is InChI=1S/C18H21N3O3/c1-24-16-11-13(7-9-20-16)17(23)21-18(8-10-19-12-15(18)22)14-5-3-2-4-6-14/h2-7,9,11,15,19,22H,8,10,12H2,1H3,(H,21,23)/t15-,18+/m1/s1. The van der Waals surface area contributed by atoms with Crippen LogP contribution >= 0.6 is 0 Å². The molecule has 1 amide bonds. The van der Waals surface area contributed by atoms with Crippen LogP contribution in [0.1, 0.15) is 22.3 Å². The molecule has 1 aromatic heterocycles. The maximum atomic E-state index is 12.8. The summed E-state index contributed by atoms with van der Waals surface area (Å²) in [5.74, 6) is 0.114. The molecule has 6 heteroatoms. The average Bonchev–Trinajstić information content (AvgIpc) is 2.64. The second kappa shape index (κ2) is 6.98. The number of hydrogen-bond donors (Lipinski definition) is 3. The minimum atomic E-state index is -0.819. The monoisotopic (exact) mass is 327 g/mol. The number of pyridine rings is 1. The molecule has 1 fully saturated rings. The van der Waals surface area contributed by atoms with E-state index in [2.05, 4.69) is 15.6 Å². The summed E-state index contributed by atoms with van der Waals surface area (Å²) in [5.41, 5.74) is 0.524. The van der Waals surface area contributed by atoms with E-state index < -0.39 is 11.6 Å². The lowest BCUT2D eigenvalue weighted by Crippen LogP contribution is -2.61. The molecule has 1 aliphatic rings. The summed E-state index contributed by atoms with van der Waals surface area (Å²) in [6, 6.07) is 12.8. The Bertz CT molecular complexity index is 708. The van der Waals surface area contributed by atoms with Crippen molar-refractivity contribution in [2.45, 2.75) is 18.1 Å². The van der Waals surface area contributed by atoms with Crippen LogP contribution in [0.2, 0.25) is 0 Å². The molecule has 0 unspecified atom stereocenters. The third-order valence-electron chi connectivity index (χ3n) is 4.43. The number of benzene rings is 1. The van der Waals surface area contributed by atoms with Crippen LogP contribution in [0.3, 0.4) is 0 Å². The third kappa shape index (κ3) is 3.11. The third-order valence-corrected chi connectivity index (χ3v) is 4.43. The Kier molecular flexibility index (Phi) is 4.78.